The van der Waals surface area contributed by atoms with Crippen molar-refractivity contribution >= 4 is 22.7 Å². The maximum absolute atomic E-state index is 13.5. The standard InChI is InChI=1S/C34H44N4O3/c1-22(34-19-24-16-25(20-34)18-26(17-24)21-34)35-15-8-6-4-3-5-7-10-27-11-9-12-28-31(27)33(41)38(23(2)36-28)29-13-14-30(39)37-32(29)40/h9,11-12,22,24-26,29,35H,3-6,8,13-21H2,1-2H3,(H,37,39,40)/t22-,24?,25?,26?,29-,34?/m0/s1. The van der Waals surface area contributed by atoms with E-state index in [4.69, 9.17) is 0 Å². The summed E-state index contributed by atoms with van der Waals surface area (Å²) in [5, 5.41) is 6.70. The van der Waals surface area contributed by atoms with Gasteiger partial charge in [0.2, 0.25) is 11.8 Å². The van der Waals surface area contributed by atoms with Crippen molar-refractivity contribution in [3.63, 3.8) is 0 Å². The second-order valence-corrected chi connectivity index (χ2v) is 13.4. The number of nitrogens with one attached hydrogen (secondary N) is 2. The van der Waals surface area contributed by atoms with E-state index < -0.39 is 11.9 Å². The van der Waals surface area contributed by atoms with E-state index in [2.05, 4.69) is 34.4 Å². The van der Waals surface area contributed by atoms with Crippen LogP contribution in [0.25, 0.3) is 10.9 Å². The third kappa shape index (κ3) is 5.73. The molecular weight excluding hydrogens is 512 g/mol. The Hall–Kier alpha value is -2.98. The SMILES string of the molecule is Cc1nc2cccc(C#CCCCCCCN[C@@H](C)C34CC5CC(CC(C5)C3)C4)c2c(=O)n1[C@H]1CCC(=O)NC1=O. The number of benzene rings is 1. The highest BCUT2D eigenvalue weighted by Gasteiger charge is 2.52. The molecule has 0 unspecified atom stereocenters. The number of nitrogens with zero attached hydrogens (tertiary/aromatic N) is 2. The lowest BCUT2D eigenvalue weighted by Gasteiger charge is -2.59. The van der Waals surface area contributed by atoms with Crippen LogP contribution in [0.2, 0.25) is 0 Å². The van der Waals surface area contributed by atoms with Crippen molar-refractivity contribution in [2.45, 2.75) is 109 Å². The first-order chi connectivity index (χ1) is 19.8. The molecule has 1 aromatic heterocycles. The fourth-order valence-electron chi connectivity index (χ4n) is 8.85. The number of carbonyl (C=O) groups is 2. The molecule has 7 heteroatoms. The summed E-state index contributed by atoms with van der Waals surface area (Å²) in [4.78, 5) is 42.2. The van der Waals surface area contributed by atoms with Crippen molar-refractivity contribution in [1.29, 1.82) is 0 Å². The molecule has 2 amide bonds. The predicted octanol–water partition coefficient (Wildman–Crippen LogP) is 5.18. The van der Waals surface area contributed by atoms with Gasteiger partial charge < -0.3 is 5.32 Å². The lowest BCUT2D eigenvalue weighted by atomic mass is 9.48. The molecular formula is C34H44N4O3. The van der Waals surface area contributed by atoms with Crippen LogP contribution in [-0.2, 0) is 9.59 Å². The number of fused-ring (bicyclic) bond motifs is 1. The summed E-state index contributed by atoms with van der Waals surface area (Å²) in [7, 11) is 0. The number of aryl methyl sites for hydroxylation is 1. The van der Waals surface area contributed by atoms with E-state index in [1.807, 2.05) is 18.2 Å². The first-order valence-electron chi connectivity index (χ1n) is 15.9. The molecule has 1 saturated heterocycles. The summed E-state index contributed by atoms with van der Waals surface area (Å²) in [6.07, 6.45) is 14.8. The zero-order valence-electron chi connectivity index (χ0n) is 24.6. The molecule has 1 aromatic carbocycles. The average molecular weight is 557 g/mol. The van der Waals surface area contributed by atoms with E-state index in [1.165, 1.54) is 55.9 Å². The van der Waals surface area contributed by atoms with Gasteiger partial charge in [0.15, 0.2) is 0 Å². The van der Waals surface area contributed by atoms with Gasteiger partial charge in [-0.3, -0.25) is 24.3 Å². The molecule has 1 aliphatic heterocycles. The summed E-state index contributed by atoms with van der Waals surface area (Å²) in [6.45, 7) is 5.28. The van der Waals surface area contributed by atoms with Crippen LogP contribution in [0.15, 0.2) is 23.0 Å². The van der Waals surface area contributed by atoms with Crippen molar-refractivity contribution < 1.29 is 9.59 Å². The van der Waals surface area contributed by atoms with Gasteiger partial charge in [-0.1, -0.05) is 30.7 Å². The summed E-state index contributed by atoms with van der Waals surface area (Å²) in [5.74, 6) is 9.20. The van der Waals surface area contributed by atoms with Gasteiger partial charge in [0, 0.05) is 24.4 Å². The van der Waals surface area contributed by atoms with Crippen molar-refractivity contribution in [1.82, 2.24) is 20.2 Å². The van der Waals surface area contributed by atoms with Gasteiger partial charge in [-0.15, -0.1) is 0 Å². The molecule has 5 aliphatic rings. The van der Waals surface area contributed by atoms with E-state index in [1.54, 1.807) is 6.92 Å². The summed E-state index contributed by atoms with van der Waals surface area (Å²) < 4.78 is 1.42. The second-order valence-electron chi connectivity index (χ2n) is 13.4. The topological polar surface area (TPSA) is 93.1 Å². The monoisotopic (exact) mass is 556 g/mol. The maximum Gasteiger partial charge on any atom is 0.263 e. The molecule has 41 heavy (non-hydrogen) atoms. The highest BCUT2D eigenvalue weighted by atomic mass is 16.2. The van der Waals surface area contributed by atoms with Gasteiger partial charge in [-0.05, 0) is 113 Å². The maximum atomic E-state index is 13.5. The molecule has 4 aliphatic carbocycles. The number of hydrogen-bond donors (Lipinski definition) is 2. The minimum atomic E-state index is -0.733. The van der Waals surface area contributed by atoms with Gasteiger partial charge in [-0.25, -0.2) is 4.98 Å². The molecule has 7 nitrogen and oxygen atoms in total. The molecule has 7 rings (SSSR count). The number of amides is 2. The highest BCUT2D eigenvalue weighted by Crippen LogP contribution is 2.61. The Morgan fingerprint density at radius 3 is 2.46 bits per heavy atom. The zero-order chi connectivity index (χ0) is 28.6. The van der Waals surface area contributed by atoms with Gasteiger partial charge >= 0.3 is 0 Å². The minimum Gasteiger partial charge on any atom is -0.314 e. The Balaban J connectivity index is 0.995. The number of piperidine rings is 1. The van der Waals surface area contributed by atoms with E-state index in [0.717, 1.165) is 43.6 Å². The van der Waals surface area contributed by atoms with Crippen LogP contribution in [0, 0.1) is 41.9 Å². The van der Waals surface area contributed by atoms with Crippen molar-refractivity contribution in [2.24, 2.45) is 23.2 Å². The number of carbonyl (C=O) groups excluding carboxylic acids is 2. The van der Waals surface area contributed by atoms with Crippen LogP contribution in [0.3, 0.4) is 0 Å². The van der Waals surface area contributed by atoms with Gasteiger partial charge in [0.25, 0.3) is 5.56 Å². The Kier molecular flexibility index (Phi) is 8.05. The molecule has 4 bridgehead atoms. The van der Waals surface area contributed by atoms with E-state index in [-0.39, 0.29) is 17.9 Å². The minimum absolute atomic E-state index is 0.207. The van der Waals surface area contributed by atoms with Gasteiger partial charge in [0.1, 0.15) is 11.9 Å². The molecule has 0 spiro atoms. The smallest absolute Gasteiger partial charge is 0.263 e. The number of hydrogen-bond acceptors (Lipinski definition) is 5. The normalized spacial score (nSPS) is 29.3. The lowest BCUT2D eigenvalue weighted by molar-refractivity contribution is -0.135. The van der Waals surface area contributed by atoms with Crippen LogP contribution in [0.1, 0.15) is 108 Å². The first-order valence-corrected chi connectivity index (χ1v) is 15.9. The molecule has 4 saturated carbocycles. The summed E-state index contributed by atoms with van der Waals surface area (Å²) in [6, 6.07) is 5.43. The van der Waals surface area contributed by atoms with Gasteiger partial charge in [0.05, 0.1) is 10.9 Å². The Morgan fingerprint density at radius 2 is 1.76 bits per heavy atom. The highest BCUT2D eigenvalue weighted by molar-refractivity contribution is 5.99. The molecule has 2 heterocycles. The third-order valence-corrected chi connectivity index (χ3v) is 10.5. The van der Waals surface area contributed by atoms with E-state index >= 15 is 0 Å². The second kappa shape index (κ2) is 11.7. The van der Waals surface area contributed by atoms with Crippen LogP contribution >= 0.6 is 0 Å². The predicted molar refractivity (Wildman–Crippen MR) is 160 cm³/mol. The number of imide groups is 1. The largest absolute Gasteiger partial charge is 0.314 e. The first kappa shape index (κ1) is 28.2. The number of unbranched alkanes of at least 4 members (excludes halogenated alkanes) is 4. The zero-order valence-corrected chi connectivity index (χ0v) is 24.6. The number of rotatable bonds is 9. The molecule has 2 atom stereocenters. The third-order valence-electron chi connectivity index (χ3n) is 10.5. The summed E-state index contributed by atoms with van der Waals surface area (Å²) >= 11 is 0. The Morgan fingerprint density at radius 1 is 1.05 bits per heavy atom. The molecule has 0 radical (unpaired) electrons. The van der Waals surface area contributed by atoms with Gasteiger partial charge in [-0.2, -0.15) is 0 Å². The Bertz CT molecular complexity index is 1410. The molecule has 2 aromatic rings. The van der Waals surface area contributed by atoms with E-state index in [9.17, 15) is 14.4 Å². The van der Waals surface area contributed by atoms with Crippen LogP contribution in [0.4, 0.5) is 0 Å². The molecule has 5 fully saturated rings. The molecule has 218 valence electrons. The Labute approximate surface area is 243 Å². The van der Waals surface area contributed by atoms with Crippen molar-refractivity contribution in [3.8, 4) is 11.8 Å². The fraction of sp³-hybridized carbons (Fsp3) is 0.647. The van der Waals surface area contributed by atoms with Crippen molar-refractivity contribution in [3.05, 3.63) is 39.9 Å². The van der Waals surface area contributed by atoms with E-state index in [0.29, 0.717) is 40.2 Å². The fourth-order valence-corrected chi connectivity index (χ4v) is 8.85. The van der Waals surface area contributed by atoms with Crippen LogP contribution in [0.5, 0.6) is 0 Å². The number of aromatic nitrogens is 2. The lowest BCUT2D eigenvalue weighted by Crippen LogP contribution is -2.54. The molecule has 2 N–H and O–H groups in total. The average Bonchev–Trinajstić information content (AvgIpc) is 2.92. The van der Waals surface area contributed by atoms with Crippen LogP contribution < -0.4 is 16.2 Å². The van der Waals surface area contributed by atoms with Crippen LogP contribution in [-0.4, -0.2) is 34.0 Å². The quantitative estimate of drug-likeness (QED) is 0.252. The van der Waals surface area contributed by atoms with Crippen molar-refractivity contribution in [2.75, 3.05) is 6.54 Å². The summed E-state index contributed by atoms with van der Waals surface area (Å²) in [5.41, 5.74) is 1.52.